The van der Waals surface area contributed by atoms with Gasteiger partial charge in [-0.05, 0) is 56.5 Å². The Bertz CT molecular complexity index is 970. The second-order valence-electron chi connectivity index (χ2n) is 8.41. The van der Waals surface area contributed by atoms with E-state index >= 15 is 0 Å². The first-order valence-electron chi connectivity index (χ1n) is 11.1. The summed E-state index contributed by atoms with van der Waals surface area (Å²) in [6, 6.07) is 9.23. The van der Waals surface area contributed by atoms with E-state index in [0.29, 0.717) is 17.8 Å². The number of rotatable bonds is 3. The van der Waals surface area contributed by atoms with Crippen LogP contribution in [0.3, 0.4) is 0 Å². The van der Waals surface area contributed by atoms with Gasteiger partial charge in [-0.15, -0.1) is 11.8 Å². The van der Waals surface area contributed by atoms with Crippen LogP contribution in [0.5, 0.6) is 0 Å². The van der Waals surface area contributed by atoms with E-state index in [0.717, 1.165) is 40.6 Å². The summed E-state index contributed by atoms with van der Waals surface area (Å²) in [6.45, 7) is 4.60. The van der Waals surface area contributed by atoms with Crippen LogP contribution >= 0.6 is 11.8 Å². The lowest BCUT2D eigenvalue weighted by molar-refractivity contribution is 0.0933. The number of carbonyl (C=O) groups excluding carboxylic acids is 2. The Morgan fingerprint density at radius 1 is 1.10 bits per heavy atom. The molecule has 6 nitrogen and oxygen atoms in total. The highest BCUT2D eigenvalue weighted by molar-refractivity contribution is 7.99. The summed E-state index contributed by atoms with van der Waals surface area (Å²) in [4.78, 5) is 32.2. The van der Waals surface area contributed by atoms with E-state index < -0.39 is 0 Å². The fraction of sp³-hybridized carbons (Fsp3) is 0.458. The number of thioether (sulfide) groups is 1. The van der Waals surface area contributed by atoms with Crippen molar-refractivity contribution in [3.63, 3.8) is 0 Å². The van der Waals surface area contributed by atoms with E-state index in [1.54, 1.807) is 28.8 Å². The van der Waals surface area contributed by atoms with Crippen LogP contribution in [0, 0.1) is 13.8 Å². The molecule has 0 radical (unpaired) electrons. The summed E-state index contributed by atoms with van der Waals surface area (Å²) >= 11 is 1.68. The predicted octanol–water partition coefficient (Wildman–Crippen LogP) is 5.30. The number of aryl methyl sites for hydroxylation is 2. The Balaban J connectivity index is 1.46. The maximum Gasteiger partial charge on any atom is 0.326 e. The first kappa shape index (κ1) is 21.7. The van der Waals surface area contributed by atoms with Gasteiger partial charge in [0.2, 0.25) is 0 Å². The van der Waals surface area contributed by atoms with Crippen LogP contribution in [0.2, 0.25) is 0 Å². The third kappa shape index (κ3) is 5.21. The van der Waals surface area contributed by atoms with Crippen LogP contribution in [0.15, 0.2) is 35.4 Å². The fourth-order valence-electron chi connectivity index (χ4n) is 4.39. The predicted molar refractivity (Wildman–Crippen MR) is 126 cm³/mol. The highest BCUT2D eigenvalue weighted by Crippen LogP contribution is 2.36. The third-order valence-corrected chi connectivity index (χ3v) is 6.86. The smallest absolute Gasteiger partial charge is 0.326 e. The molecule has 0 saturated heterocycles. The number of hydrogen-bond donors (Lipinski definition) is 2. The number of amides is 3. The van der Waals surface area contributed by atoms with Gasteiger partial charge in [0.15, 0.2) is 0 Å². The normalized spacial score (nSPS) is 16.9. The SMILES string of the molecule is Cc1cc(C)c2c(n1)SCCN2C(=O)Nc1cccc(C(=O)NC2CCCCCC2)c1. The Labute approximate surface area is 188 Å². The Morgan fingerprint density at radius 2 is 1.87 bits per heavy atom. The third-order valence-electron chi connectivity index (χ3n) is 5.91. The lowest BCUT2D eigenvalue weighted by Gasteiger charge is -2.30. The van der Waals surface area contributed by atoms with E-state index in [-0.39, 0.29) is 18.0 Å². The van der Waals surface area contributed by atoms with E-state index in [1.807, 2.05) is 32.0 Å². The summed E-state index contributed by atoms with van der Waals surface area (Å²) < 4.78 is 0. The van der Waals surface area contributed by atoms with Crippen molar-refractivity contribution < 1.29 is 9.59 Å². The van der Waals surface area contributed by atoms with Crippen molar-refractivity contribution in [1.29, 1.82) is 0 Å². The number of aromatic nitrogens is 1. The first-order valence-corrected chi connectivity index (χ1v) is 12.1. The molecule has 164 valence electrons. The Hall–Kier alpha value is -2.54. The van der Waals surface area contributed by atoms with Crippen molar-refractivity contribution >= 4 is 35.1 Å². The molecule has 4 rings (SSSR count). The lowest BCUT2D eigenvalue weighted by atomic mass is 10.1. The molecule has 1 aliphatic carbocycles. The molecule has 0 spiro atoms. The summed E-state index contributed by atoms with van der Waals surface area (Å²) in [6.07, 6.45) is 6.93. The summed E-state index contributed by atoms with van der Waals surface area (Å²) in [7, 11) is 0. The number of anilines is 2. The number of pyridine rings is 1. The summed E-state index contributed by atoms with van der Waals surface area (Å²) in [5.74, 6) is 0.735. The van der Waals surface area contributed by atoms with Crippen LogP contribution < -0.4 is 15.5 Å². The van der Waals surface area contributed by atoms with Gasteiger partial charge < -0.3 is 10.6 Å². The number of carbonyl (C=O) groups is 2. The highest BCUT2D eigenvalue weighted by atomic mass is 32.2. The van der Waals surface area contributed by atoms with Gasteiger partial charge in [0.25, 0.3) is 5.91 Å². The van der Waals surface area contributed by atoms with Gasteiger partial charge in [-0.3, -0.25) is 9.69 Å². The second-order valence-corrected chi connectivity index (χ2v) is 9.49. The molecule has 2 heterocycles. The standard InChI is InChI=1S/C24H30N4O2S/c1-16-14-17(2)25-23-21(16)28(12-13-31-23)24(30)27-20-11-7-8-18(15-20)22(29)26-19-9-5-3-4-6-10-19/h7-8,11,14-15,19H,3-6,9-10,12-13H2,1-2H3,(H,26,29)(H,27,30). The molecule has 0 unspecified atom stereocenters. The maximum atomic E-state index is 13.1. The van der Waals surface area contributed by atoms with Gasteiger partial charge in [-0.25, -0.2) is 9.78 Å². The topological polar surface area (TPSA) is 74.3 Å². The molecule has 31 heavy (non-hydrogen) atoms. The molecular weight excluding hydrogens is 408 g/mol. The van der Waals surface area contributed by atoms with E-state index in [4.69, 9.17) is 0 Å². The van der Waals surface area contributed by atoms with E-state index in [2.05, 4.69) is 15.6 Å². The lowest BCUT2D eigenvalue weighted by Crippen LogP contribution is -2.39. The molecule has 1 aromatic heterocycles. The zero-order valence-corrected chi connectivity index (χ0v) is 19.1. The van der Waals surface area contributed by atoms with Crippen LogP contribution in [-0.2, 0) is 0 Å². The minimum absolute atomic E-state index is 0.0711. The van der Waals surface area contributed by atoms with E-state index in [1.165, 1.54) is 25.7 Å². The van der Waals surface area contributed by atoms with Gasteiger partial charge in [0.05, 0.1) is 5.69 Å². The number of hydrogen-bond acceptors (Lipinski definition) is 4. The number of nitrogens with one attached hydrogen (secondary N) is 2. The highest BCUT2D eigenvalue weighted by Gasteiger charge is 2.26. The monoisotopic (exact) mass is 438 g/mol. The molecule has 2 N–H and O–H groups in total. The summed E-state index contributed by atoms with van der Waals surface area (Å²) in [5.41, 5.74) is 4.07. The van der Waals surface area contributed by atoms with Crippen molar-refractivity contribution in [2.24, 2.45) is 0 Å². The van der Waals surface area contributed by atoms with Crippen molar-refractivity contribution in [2.75, 3.05) is 22.5 Å². The quantitative estimate of drug-likeness (QED) is 0.638. The van der Waals surface area contributed by atoms with Gasteiger partial charge in [-0.2, -0.15) is 0 Å². The molecule has 1 fully saturated rings. The van der Waals surface area contributed by atoms with Crippen molar-refractivity contribution in [2.45, 2.75) is 63.4 Å². The van der Waals surface area contributed by atoms with E-state index in [9.17, 15) is 9.59 Å². The first-order chi connectivity index (χ1) is 15.0. The van der Waals surface area contributed by atoms with Crippen molar-refractivity contribution in [3.05, 3.63) is 47.2 Å². The maximum absolute atomic E-state index is 13.1. The molecule has 2 aliphatic rings. The number of urea groups is 1. The molecule has 1 aromatic carbocycles. The van der Waals surface area contributed by atoms with Gasteiger partial charge >= 0.3 is 6.03 Å². The molecule has 7 heteroatoms. The number of fused-ring (bicyclic) bond motifs is 1. The van der Waals surface area contributed by atoms with Crippen molar-refractivity contribution in [3.8, 4) is 0 Å². The Morgan fingerprint density at radius 3 is 2.65 bits per heavy atom. The molecule has 2 aromatic rings. The zero-order valence-electron chi connectivity index (χ0n) is 18.2. The van der Waals surface area contributed by atoms with Crippen molar-refractivity contribution in [1.82, 2.24) is 10.3 Å². The molecule has 0 atom stereocenters. The summed E-state index contributed by atoms with van der Waals surface area (Å²) in [5, 5.41) is 7.04. The van der Waals surface area contributed by atoms with Crippen LogP contribution in [-0.4, -0.2) is 35.3 Å². The van der Waals surface area contributed by atoms with Gasteiger partial charge in [-0.1, -0.05) is 31.7 Å². The molecule has 3 amide bonds. The Kier molecular flexibility index (Phi) is 6.80. The largest absolute Gasteiger partial charge is 0.349 e. The molecule has 1 saturated carbocycles. The van der Waals surface area contributed by atoms with Crippen LogP contribution in [0.25, 0.3) is 0 Å². The number of benzene rings is 1. The average Bonchev–Trinajstić information content (AvgIpc) is 3.02. The molecule has 1 aliphatic heterocycles. The van der Waals surface area contributed by atoms with Crippen LogP contribution in [0.1, 0.15) is 60.1 Å². The minimum Gasteiger partial charge on any atom is -0.349 e. The fourth-order valence-corrected chi connectivity index (χ4v) is 5.48. The van der Waals surface area contributed by atoms with Gasteiger partial charge in [0.1, 0.15) is 5.03 Å². The average molecular weight is 439 g/mol. The second kappa shape index (κ2) is 9.73. The number of nitrogens with zero attached hydrogens (tertiary/aromatic N) is 2. The zero-order chi connectivity index (χ0) is 21.8. The van der Waals surface area contributed by atoms with Gasteiger partial charge in [0, 0.05) is 35.3 Å². The molecular formula is C24H30N4O2S. The molecule has 0 bridgehead atoms. The minimum atomic E-state index is -0.198. The van der Waals surface area contributed by atoms with Crippen LogP contribution in [0.4, 0.5) is 16.2 Å².